The highest BCUT2D eigenvalue weighted by Gasteiger charge is 2.03. The second-order valence-electron chi connectivity index (χ2n) is 3.43. The van der Waals surface area contributed by atoms with Crippen molar-refractivity contribution in [2.75, 3.05) is 0 Å². The summed E-state index contributed by atoms with van der Waals surface area (Å²) < 4.78 is 5.70. The molecule has 2 rings (SSSR count). The number of aryl methyl sites for hydroxylation is 1. The van der Waals surface area contributed by atoms with Gasteiger partial charge in [-0.3, -0.25) is 0 Å². The van der Waals surface area contributed by atoms with Gasteiger partial charge in [0.15, 0.2) is 0 Å². The van der Waals surface area contributed by atoms with Gasteiger partial charge in [-0.05, 0) is 18.6 Å². The van der Waals surface area contributed by atoms with E-state index in [0.717, 1.165) is 22.1 Å². The minimum absolute atomic E-state index is 0.531. The molecule has 0 amide bonds. The van der Waals surface area contributed by atoms with Crippen molar-refractivity contribution in [3.63, 3.8) is 0 Å². The van der Waals surface area contributed by atoms with Gasteiger partial charge in [0.05, 0.1) is 0 Å². The Hall–Kier alpha value is -1.000. The summed E-state index contributed by atoms with van der Waals surface area (Å²) in [5.41, 5.74) is 1.15. The lowest BCUT2D eigenvalue weighted by Crippen LogP contribution is -1.95. The molecule has 16 heavy (non-hydrogen) atoms. The van der Waals surface area contributed by atoms with E-state index in [1.54, 1.807) is 11.3 Å². The molecule has 0 N–H and O–H groups in total. The molecule has 0 radical (unpaired) electrons. The SMILES string of the molecule is Cc1ccccc1OCc1ncc(CS)s1. The molecule has 0 saturated carbocycles. The summed E-state index contributed by atoms with van der Waals surface area (Å²) >= 11 is 5.85. The van der Waals surface area contributed by atoms with Gasteiger partial charge in [-0.15, -0.1) is 11.3 Å². The van der Waals surface area contributed by atoms with E-state index in [0.29, 0.717) is 6.61 Å². The summed E-state index contributed by atoms with van der Waals surface area (Å²) in [6.07, 6.45) is 1.86. The van der Waals surface area contributed by atoms with Gasteiger partial charge in [0.25, 0.3) is 0 Å². The maximum atomic E-state index is 5.70. The van der Waals surface area contributed by atoms with E-state index < -0.39 is 0 Å². The Morgan fingerprint density at radius 1 is 1.38 bits per heavy atom. The van der Waals surface area contributed by atoms with Crippen molar-refractivity contribution < 1.29 is 4.74 Å². The van der Waals surface area contributed by atoms with Gasteiger partial charge >= 0.3 is 0 Å². The highest BCUT2D eigenvalue weighted by Crippen LogP contribution is 2.20. The van der Waals surface area contributed by atoms with Gasteiger partial charge in [-0.25, -0.2) is 4.98 Å². The fourth-order valence-electron chi connectivity index (χ4n) is 1.35. The van der Waals surface area contributed by atoms with Crippen LogP contribution in [0.2, 0.25) is 0 Å². The second kappa shape index (κ2) is 5.37. The zero-order valence-electron chi connectivity index (χ0n) is 9.01. The Morgan fingerprint density at radius 2 is 2.19 bits per heavy atom. The van der Waals surface area contributed by atoms with Crippen molar-refractivity contribution in [2.24, 2.45) is 0 Å². The van der Waals surface area contributed by atoms with Gasteiger partial charge in [0.2, 0.25) is 0 Å². The number of benzene rings is 1. The van der Waals surface area contributed by atoms with E-state index >= 15 is 0 Å². The summed E-state index contributed by atoms with van der Waals surface area (Å²) in [5, 5.41) is 0.993. The average molecular weight is 251 g/mol. The average Bonchev–Trinajstić information content (AvgIpc) is 2.76. The third kappa shape index (κ3) is 2.77. The van der Waals surface area contributed by atoms with Crippen LogP contribution in [0, 0.1) is 6.92 Å². The number of hydrogen-bond acceptors (Lipinski definition) is 4. The van der Waals surface area contributed by atoms with Crippen LogP contribution in [0.25, 0.3) is 0 Å². The van der Waals surface area contributed by atoms with Crippen LogP contribution in [-0.2, 0) is 12.4 Å². The Kier molecular flexibility index (Phi) is 3.85. The molecular formula is C12H13NOS2. The first-order chi connectivity index (χ1) is 7.79. The number of nitrogens with zero attached hydrogens (tertiary/aromatic N) is 1. The van der Waals surface area contributed by atoms with E-state index in [-0.39, 0.29) is 0 Å². The Morgan fingerprint density at radius 3 is 2.88 bits per heavy atom. The van der Waals surface area contributed by atoms with E-state index in [1.165, 1.54) is 4.88 Å². The highest BCUT2D eigenvalue weighted by atomic mass is 32.1. The predicted octanol–water partition coefficient (Wildman–Crippen LogP) is 3.46. The molecule has 0 bridgehead atoms. The molecule has 0 unspecified atom stereocenters. The lowest BCUT2D eigenvalue weighted by Gasteiger charge is -2.06. The van der Waals surface area contributed by atoms with Crippen LogP contribution in [-0.4, -0.2) is 4.98 Å². The number of para-hydroxylation sites is 1. The lowest BCUT2D eigenvalue weighted by atomic mass is 10.2. The van der Waals surface area contributed by atoms with Gasteiger partial charge < -0.3 is 4.74 Å². The molecule has 0 aliphatic heterocycles. The van der Waals surface area contributed by atoms with Gasteiger partial charge in [-0.2, -0.15) is 12.6 Å². The van der Waals surface area contributed by atoms with Crippen LogP contribution in [0.4, 0.5) is 0 Å². The fraction of sp³-hybridized carbons (Fsp3) is 0.250. The van der Waals surface area contributed by atoms with Crippen LogP contribution in [0.5, 0.6) is 5.75 Å². The molecule has 0 spiro atoms. The molecule has 0 fully saturated rings. The first kappa shape index (κ1) is 11.5. The molecule has 4 heteroatoms. The van der Waals surface area contributed by atoms with Crippen LogP contribution in [0.3, 0.4) is 0 Å². The third-order valence-corrected chi connectivity index (χ3v) is 3.73. The number of hydrogen-bond donors (Lipinski definition) is 1. The van der Waals surface area contributed by atoms with Crippen molar-refractivity contribution in [1.82, 2.24) is 4.98 Å². The van der Waals surface area contributed by atoms with Crippen LogP contribution in [0.15, 0.2) is 30.5 Å². The maximum Gasteiger partial charge on any atom is 0.140 e. The first-order valence-electron chi connectivity index (χ1n) is 5.02. The summed E-state index contributed by atoms with van der Waals surface area (Å²) in [6, 6.07) is 7.99. The number of thiol groups is 1. The summed E-state index contributed by atoms with van der Waals surface area (Å²) in [4.78, 5) is 5.45. The van der Waals surface area contributed by atoms with Crippen molar-refractivity contribution in [3.05, 3.63) is 45.9 Å². The van der Waals surface area contributed by atoms with Crippen molar-refractivity contribution in [3.8, 4) is 5.75 Å². The number of aromatic nitrogens is 1. The van der Waals surface area contributed by atoms with Crippen LogP contribution < -0.4 is 4.74 Å². The van der Waals surface area contributed by atoms with Gasteiger partial charge in [0, 0.05) is 16.8 Å². The number of thiazole rings is 1. The Labute approximate surface area is 105 Å². The molecular weight excluding hydrogens is 238 g/mol. The monoisotopic (exact) mass is 251 g/mol. The standard InChI is InChI=1S/C12H13NOS2/c1-9-4-2-3-5-11(9)14-7-12-13-6-10(8-15)16-12/h2-6,15H,7-8H2,1H3. The molecule has 0 aliphatic rings. The van der Waals surface area contributed by atoms with Gasteiger partial charge in [0.1, 0.15) is 17.4 Å². The minimum Gasteiger partial charge on any atom is -0.486 e. The Balaban J connectivity index is 1.99. The van der Waals surface area contributed by atoms with Crippen molar-refractivity contribution >= 4 is 24.0 Å². The number of ether oxygens (including phenoxy) is 1. The van der Waals surface area contributed by atoms with Gasteiger partial charge in [-0.1, -0.05) is 18.2 Å². The zero-order valence-corrected chi connectivity index (χ0v) is 10.7. The molecule has 84 valence electrons. The third-order valence-electron chi connectivity index (χ3n) is 2.20. The molecule has 0 atom stereocenters. The van der Waals surface area contributed by atoms with E-state index in [9.17, 15) is 0 Å². The summed E-state index contributed by atoms with van der Waals surface area (Å²) in [5.74, 6) is 1.66. The zero-order chi connectivity index (χ0) is 11.4. The molecule has 2 aromatic rings. The molecule has 1 aromatic heterocycles. The van der Waals surface area contributed by atoms with Crippen LogP contribution >= 0.6 is 24.0 Å². The predicted molar refractivity (Wildman–Crippen MR) is 70.3 cm³/mol. The Bertz CT molecular complexity index is 468. The normalized spacial score (nSPS) is 10.4. The van der Waals surface area contributed by atoms with E-state index in [1.807, 2.05) is 37.4 Å². The van der Waals surface area contributed by atoms with E-state index in [4.69, 9.17) is 4.74 Å². The minimum atomic E-state index is 0.531. The first-order valence-corrected chi connectivity index (χ1v) is 6.47. The quantitative estimate of drug-likeness (QED) is 0.841. The largest absolute Gasteiger partial charge is 0.486 e. The molecule has 1 aromatic carbocycles. The maximum absolute atomic E-state index is 5.70. The highest BCUT2D eigenvalue weighted by molar-refractivity contribution is 7.79. The molecule has 0 saturated heterocycles. The molecule has 2 nitrogen and oxygen atoms in total. The smallest absolute Gasteiger partial charge is 0.140 e. The van der Waals surface area contributed by atoms with Crippen molar-refractivity contribution in [2.45, 2.75) is 19.3 Å². The van der Waals surface area contributed by atoms with Crippen LogP contribution in [0.1, 0.15) is 15.4 Å². The molecule has 1 heterocycles. The van der Waals surface area contributed by atoms with Crippen molar-refractivity contribution in [1.29, 1.82) is 0 Å². The topological polar surface area (TPSA) is 22.1 Å². The fourth-order valence-corrected chi connectivity index (χ4v) is 2.32. The number of rotatable bonds is 4. The van der Waals surface area contributed by atoms with E-state index in [2.05, 4.69) is 17.6 Å². The second-order valence-corrected chi connectivity index (χ2v) is 4.95. The summed E-state index contributed by atoms with van der Waals surface area (Å²) in [7, 11) is 0. The molecule has 0 aliphatic carbocycles. The summed E-state index contributed by atoms with van der Waals surface area (Å²) in [6.45, 7) is 2.57. The lowest BCUT2D eigenvalue weighted by molar-refractivity contribution is 0.303.